The average Bonchev–Trinajstić information content (AvgIpc) is 2.84. The predicted molar refractivity (Wildman–Crippen MR) is 76.2 cm³/mol. The molecule has 0 N–H and O–H groups in total. The Balaban J connectivity index is 2.35. The van der Waals surface area contributed by atoms with Crippen molar-refractivity contribution in [2.24, 2.45) is 15.8 Å². The predicted octanol–water partition coefficient (Wildman–Crippen LogP) is 3.75. The zero-order valence-corrected chi connectivity index (χ0v) is 12.9. The molecule has 1 aromatic rings. The van der Waals surface area contributed by atoms with Crippen LogP contribution in [0, 0.1) is 10.8 Å². The van der Waals surface area contributed by atoms with Crippen molar-refractivity contribution < 1.29 is 4.74 Å². The van der Waals surface area contributed by atoms with Gasteiger partial charge >= 0.3 is 0 Å². The molecule has 0 aliphatic carbocycles. The lowest BCUT2D eigenvalue weighted by Crippen LogP contribution is -2.55. The maximum atomic E-state index is 6.32. The zero-order valence-electron chi connectivity index (χ0n) is 12.1. The monoisotopic (exact) mass is 266 g/mol. The van der Waals surface area contributed by atoms with Gasteiger partial charge in [0.05, 0.1) is 12.1 Å². The Kier molecular flexibility index (Phi) is 3.05. The van der Waals surface area contributed by atoms with Crippen molar-refractivity contribution in [1.29, 1.82) is 0 Å². The molecule has 1 aromatic heterocycles. The normalized spacial score (nSPS) is 19.6. The number of hydrogen-bond donors (Lipinski definition) is 0. The highest BCUT2D eigenvalue weighted by atomic mass is 32.1. The van der Waals surface area contributed by atoms with Gasteiger partial charge in [-0.1, -0.05) is 41.5 Å². The van der Waals surface area contributed by atoms with Gasteiger partial charge in [-0.25, -0.2) is 9.98 Å². The smallest absolute Gasteiger partial charge is 0.236 e. The molecule has 0 saturated carbocycles. The first-order valence-corrected chi connectivity index (χ1v) is 7.24. The molecule has 0 saturated heterocycles. The summed E-state index contributed by atoms with van der Waals surface area (Å²) in [5.41, 5.74) is 2.43. The molecule has 18 heavy (non-hydrogen) atoms. The molecule has 0 atom stereocenters. The summed E-state index contributed by atoms with van der Waals surface area (Å²) in [4.78, 5) is 8.89. The lowest BCUT2D eigenvalue weighted by molar-refractivity contribution is -0.102. The van der Waals surface area contributed by atoms with Crippen LogP contribution in [0.5, 0.6) is 0 Å². The van der Waals surface area contributed by atoms with Gasteiger partial charge in [0.2, 0.25) is 5.90 Å². The van der Waals surface area contributed by atoms with Crippen LogP contribution in [0.15, 0.2) is 15.9 Å². The number of nitrogens with zero attached hydrogens (tertiary/aromatic N) is 2. The van der Waals surface area contributed by atoms with Crippen molar-refractivity contribution in [3.8, 4) is 0 Å². The number of ether oxygens (including phenoxy) is 1. The van der Waals surface area contributed by atoms with Crippen LogP contribution in [0.25, 0.3) is 0 Å². The molecule has 0 bridgehead atoms. The van der Waals surface area contributed by atoms with E-state index in [2.05, 4.69) is 51.5 Å². The standard InChI is InChI=1S/C14H22N2OS/c1-12(2,3)14(13(4,5)6)8-15-11(17-14)10-7-18-9-16-10/h7,9H,8H2,1-6H3. The first-order chi connectivity index (χ1) is 8.17. The molecule has 1 aliphatic rings. The van der Waals surface area contributed by atoms with E-state index in [9.17, 15) is 0 Å². The lowest BCUT2D eigenvalue weighted by Gasteiger charge is -2.49. The van der Waals surface area contributed by atoms with E-state index in [1.54, 1.807) is 11.3 Å². The van der Waals surface area contributed by atoms with Crippen LogP contribution < -0.4 is 0 Å². The highest BCUT2D eigenvalue weighted by molar-refractivity contribution is 7.07. The minimum Gasteiger partial charge on any atom is -0.467 e. The molecule has 0 radical (unpaired) electrons. The van der Waals surface area contributed by atoms with Crippen LogP contribution in [-0.4, -0.2) is 23.0 Å². The Morgan fingerprint density at radius 2 is 1.78 bits per heavy atom. The maximum absolute atomic E-state index is 6.32. The van der Waals surface area contributed by atoms with Crippen LogP contribution >= 0.6 is 11.3 Å². The highest BCUT2D eigenvalue weighted by Gasteiger charge is 2.56. The summed E-state index contributed by atoms with van der Waals surface area (Å²) in [6.07, 6.45) is 0. The molecule has 0 spiro atoms. The Morgan fingerprint density at radius 3 is 2.17 bits per heavy atom. The number of hydrogen-bond acceptors (Lipinski definition) is 4. The van der Waals surface area contributed by atoms with E-state index in [4.69, 9.17) is 4.74 Å². The first-order valence-electron chi connectivity index (χ1n) is 6.29. The number of thiazole rings is 1. The van der Waals surface area contributed by atoms with Crippen molar-refractivity contribution in [1.82, 2.24) is 4.98 Å². The third-order valence-electron chi connectivity index (χ3n) is 3.79. The average molecular weight is 266 g/mol. The Hall–Kier alpha value is -0.900. The second kappa shape index (κ2) is 4.05. The van der Waals surface area contributed by atoms with Gasteiger partial charge in [0.1, 0.15) is 11.3 Å². The molecule has 4 heteroatoms. The third-order valence-corrected chi connectivity index (χ3v) is 4.38. The van der Waals surface area contributed by atoms with Gasteiger partial charge in [0, 0.05) is 16.2 Å². The van der Waals surface area contributed by atoms with Gasteiger partial charge < -0.3 is 4.74 Å². The molecule has 1 aliphatic heterocycles. The highest BCUT2D eigenvalue weighted by Crippen LogP contribution is 2.49. The van der Waals surface area contributed by atoms with Gasteiger partial charge in [-0.15, -0.1) is 11.3 Å². The molecule has 3 nitrogen and oxygen atoms in total. The topological polar surface area (TPSA) is 34.5 Å². The summed E-state index contributed by atoms with van der Waals surface area (Å²) in [6.45, 7) is 14.0. The molecule has 0 fully saturated rings. The van der Waals surface area contributed by atoms with Crippen LogP contribution in [0.2, 0.25) is 0 Å². The zero-order chi connectivity index (χ0) is 13.6. The molecule has 0 amide bonds. The number of aromatic nitrogens is 1. The second-order valence-corrected chi connectivity index (χ2v) is 7.64. The van der Waals surface area contributed by atoms with Gasteiger partial charge in [0.15, 0.2) is 0 Å². The second-order valence-electron chi connectivity index (χ2n) is 6.92. The molecule has 100 valence electrons. The van der Waals surface area contributed by atoms with Crippen molar-refractivity contribution in [3.63, 3.8) is 0 Å². The molecular weight excluding hydrogens is 244 g/mol. The Bertz CT molecular complexity index is 435. The molecule has 2 rings (SSSR count). The van der Waals surface area contributed by atoms with E-state index in [0.29, 0.717) is 12.4 Å². The van der Waals surface area contributed by atoms with Crippen molar-refractivity contribution in [3.05, 3.63) is 16.6 Å². The van der Waals surface area contributed by atoms with E-state index in [0.717, 1.165) is 5.69 Å². The summed E-state index contributed by atoms with van der Waals surface area (Å²) in [6, 6.07) is 0. The fourth-order valence-electron chi connectivity index (χ4n) is 2.77. The fourth-order valence-corrected chi connectivity index (χ4v) is 3.30. The van der Waals surface area contributed by atoms with E-state index < -0.39 is 0 Å². The van der Waals surface area contributed by atoms with Crippen LogP contribution in [0.1, 0.15) is 47.2 Å². The summed E-state index contributed by atoms with van der Waals surface area (Å²) >= 11 is 1.57. The molecule has 2 heterocycles. The number of rotatable bonds is 1. The summed E-state index contributed by atoms with van der Waals surface area (Å²) in [5, 5.41) is 1.99. The Labute approximate surface area is 113 Å². The van der Waals surface area contributed by atoms with Crippen molar-refractivity contribution >= 4 is 17.2 Å². The van der Waals surface area contributed by atoms with Crippen LogP contribution in [0.4, 0.5) is 0 Å². The SMILES string of the molecule is CC(C)(C)C1(C(C)(C)C)CN=C(c2cscn2)O1. The third kappa shape index (κ3) is 1.96. The molecular formula is C14H22N2OS. The lowest BCUT2D eigenvalue weighted by atomic mass is 9.62. The maximum Gasteiger partial charge on any atom is 0.236 e. The summed E-state index contributed by atoms with van der Waals surface area (Å²) < 4.78 is 6.32. The van der Waals surface area contributed by atoms with E-state index in [1.807, 2.05) is 10.9 Å². The van der Waals surface area contributed by atoms with Gasteiger partial charge in [-0.05, 0) is 0 Å². The first kappa shape index (κ1) is 13.5. The van der Waals surface area contributed by atoms with E-state index in [-0.39, 0.29) is 16.4 Å². The van der Waals surface area contributed by atoms with Gasteiger partial charge in [-0.3, -0.25) is 0 Å². The fraction of sp³-hybridized carbons (Fsp3) is 0.714. The Morgan fingerprint density at radius 1 is 1.17 bits per heavy atom. The minimum absolute atomic E-state index is 0.0204. The largest absolute Gasteiger partial charge is 0.467 e. The minimum atomic E-state index is -0.279. The summed E-state index contributed by atoms with van der Waals surface area (Å²) in [5.74, 6) is 0.695. The van der Waals surface area contributed by atoms with Crippen molar-refractivity contribution in [2.45, 2.75) is 47.1 Å². The van der Waals surface area contributed by atoms with Gasteiger partial charge in [-0.2, -0.15) is 0 Å². The summed E-state index contributed by atoms with van der Waals surface area (Å²) in [7, 11) is 0. The quantitative estimate of drug-likeness (QED) is 0.776. The van der Waals surface area contributed by atoms with Crippen molar-refractivity contribution in [2.75, 3.05) is 6.54 Å². The molecule has 0 unspecified atom stereocenters. The molecule has 0 aromatic carbocycles. The number of aliphatic imine (C=N–C) groups is 1. The van der Waals surface area contributed by atoms with E-state index >= 15 is 0 Å². The van der Waals surface area contributed by atoms with Crippen LogP contribution in [-0.2, 0) is 4.74 Å². The van der Waals surface area contributed by atoms with Gasteiger partial charge in [0.25, 0.3) is 0 Å². The van der Waals surface area contributed by atoms with Crippen LogP contribution in [0.3, 0.4) is 0 Å². The van der Waals surface area contributed by atoms with E-state index in [1.165, 1.54) is 0 Å².